The van der Waals surface area contributed by atoms with E-state index in [1.54, 1.807) is 12.1 Å². The van der Waals surface area contributed by atoms with Crippen LogP contribution in [0.5, 0.6) is 11.5 Å². The Balaban J connectivity index is 0.000000333. The van der Waals surface area contributed by atoms with Gasteiger partial charge in [-0.1, -0.05) is 129 Å². The number of rotatable bonds is 7. The van der Waals surface area contributed by atoms with Crippen LogP contribution in [0.2, 0.25) is 0 Å². The lowest BCUT2D eigenvalue weighted by Gasteiger charge is -2.33. The molecule has 1 N–H and O–H groups in total. The van der Waals surface area contributed by atoms with E-state index < -0.39 is 5.41 Å². The first-order chi connectivity index (χ1) is 19.1. The van der Waals surface area contributed by atoms with Crippen molar-refractivity contribution in [3.05, 3.63) is 167 Å². The molecule has 0 radical (unpaired) electrons. The van der Waals surface area contributed by atoms with Gasteiger partial charge in [0.1, 0.15) is 16.9 Å². The molecule has 5 aromatic carbocycles. The van der Waals surface area contributed by atoms with Crippen molar-refractivity contribution in [2.24, 2.45) is 0 Å². The van der Waals surface area contributed by atoms with Gasteiger partial charge in [-0.05, 0) is 64.9 Å². The molecule has 196 valence electrons. The van der Waals surface area contributed by atoms with E-state index in [0.717, 1.165) is 29.5 Å². The second-order valence-electron chi connectivity index (χ2n) is 9.26. The molecule has 0 fully saturated rings. The summed E-state index contributed by atoms with van der Waals surface area (Å²) < 4.78 is 6.00. The Kier molecular flexibility index (Phi) is 9.31. The molecule has 3 nitrogen and oxygen atoms in total. The highest BCUT2D eigenvalue weighted by Gasteiger charge is 2.45. The first kappa shape index (κ1) is 27.4. The van der Waals surface area contributed by atoms with Gasteiger partial charge in [0.05, 0.1) is 0 Å². The smallest absolute Gasteiger partial charge is 0.331 e. The molecule has 0 spiro atoms. The van der Waals surface area contributed by atoms with Crippen LogP contribution < -0.4 is 4.74 Å². The molecule has 0 atom stereocenters. The average Bonchev–Trinajstić information content (AvgIpc) is 3.00. The zero-order valence-corrected chi connectivity index (χ0v) is 22.5. The van der Waals surface area contributed by atoms with Gasteiger partial charge in [0.2, 0.25) is 0 Å². The molecule has 5 aromatic rings. The summed E-state index contributed by atoms with van der Waals surface area (Å²) in [6.45, 7) is 4.19. The lowest BCUT2D eigenvalue weighted by Crippen LogP contribution is -2.41. The van der Waals surface area contributed by atoms with E-state index in [4.69, 9.17) is 9.84 Å². The van der Waals surface area contributed by atoms with Crippen molar-refractivity contribution in [2.45, 2.75) is 32.1 Å². The number of hydrogen-bond acceptors (Lipinski definition) is 3. The number of esters is 1. The van der Waals surface area contributed by atoms with Gasteiger partial charge >= 0.3 is 5.97 Å². The molecule has 3 heteroatoms. The Morgan fingerprint density at radius 1 is 0.564 bits per heavy atom. The Hall–Kier alpha value is -4.63. The molecule has 0 aliphatic rings. The molecule has 39 heavy (non-hydrogen) atoms. The fraction of sp³-hybridized carbons (Fsp3) is 0.139. The third kappa shape index (κ3) is 6.45. The average molecular weight is 515 g/mol. The monoisotopic (exact) mass is 514 g/mol. The molecule has 0 aliphatic heterocycles. The number of phenols is 1. The molecular formula is C36H34O3. The van der Waals surface area contributed by atoms with E-state index in [-0.39, 0.29) is 5.97 Å². The van der Waals surface area contributed by atoms with Gasteiger partial charge < -0.3 is 9.84 Å². The van der Waals surface area contributed by atoms with Gasteiger partial charge in [-0.3, -0.25) is 0 Å². The third-order valence-corrected chi connectivity index (χ3v) is 6.81. The molecule has 0 saturated heterocycles. The number of aromatic hydroxyl groups is 1. The van der Waals surface area contributed by atoms with Crippen LogP contribution in [0, 0.1) is 0 Å². The zero-order valence-electron chi connectivity index (χ0n) is 22.5. The topological polar surface area (TPSA) is 46.5 Å². The highest BCUT2D eigenvalue weighted by Crippen LogP contribution is 2.40. The first-order valence-electron chi connectivity index (χ1n) is 13.3. The maximum atomic E-state index is 14.0. The molecular weight excluding hydrogens is 480 g/mol. The minimum Gasteiger partial charge on any atom is -0.508 e. The van der Waals surface area contributed by atoms with Crippen molar-refractivity contribution >= 4 is 5.97 Å². The van der Waals surface area contributed by atoms with Crippen molar-refractivity contribution in [3.63, 3.8) is 0 Å². The quantitative estimate of drug-likeness (QED) is 0.135. The van der Waals surface area contributed by atoms with Crippen LogP contribution >= 0.6 is 0 Å². The highest BCUT2D eigenvalue weighted by molar-refractivity contribution is 5.93. The maximum Gasteiger partial charge on any atom is 0.331 e. The molecule has 0 aromatic heterocycles. The summed E-state index contributed by atoms with van der Waals surface area (Å²) in [4.78, 5) is 14.0. The van der Waals surface area contributed by atoms with Crippen molar-refractivity contribution < 1.29 is 14.6 Å². The Bertz CT molecular complexity index is 1330. The number of carbonyl (C=O) groups is 1. The number of benzene rings is 5. The van der Waals surface area contributed by atoms with Crippen LogP contribution in [0.1, 0.15) is 41.7 Å². The minimum atomic E-state index is -1.08. The maximum absolute atomic E-state index is 14.0. The Morgan fingerprint density at radius 2 is 0.923 bits per heavy atom. The lowest BCUT2D eigenvalue weighted by molar-refractivity contribution is -0.138. The lowest BCUT2D eigenvalue weighted by atomic mass is 9.69. The molecule has 0 heterocycles. The summed E-state index contributed by atoms with van der Waals surface area (Å²) in [7, 11) is 0. The summed E-state index contributed by atoms with van der Waals surface area (Å²) in [6, 6.07) is 44.5. The fourth-order valence-electron chi connectivity index (χ4n) is 4.63. The highest BCUT2D eigenvalue weighted by atomic mass is 16.5. The molecule has 0 bridgehead atoms. The van der Waals surface area contributed by atoms with Gasteiger partial charge in [-0.2, -0.15) is 0 Å². The van der Waals surface area contributed by atoms with Crippen LogP contribution in [0.15, 0.2) is 140 Å². The predicted molar refractivity (Wildman–Crippen MR) is 158 cm³/mol. The summed E-state index contributed by atoms with van der Waals surface area (Å²) in [5.41, 5.74) is 4.00. The molecule has 0 amide bonds. The van der Waals surface area contributed by atoms with Crippen molar-refractivity contribution in [3.8, 4) is 11.5 Å². The normalized spacial score (nSPS) is 10.7. The van der Waals surface area contributed by atoms with Crippen molar-refractivity contribution in [1.29, 1.82) is 0 Å². The first-order valence-corrected chi connectivity index (χ1v) is 13.3. The van der Waals surface area contributed by atoms with E-state index in [2.05, 4.69) is 13.8 Å². The summed E-state index contributed by atoms with van der Waals surface area (Å²) in [5.74, 6) is 0.562. The van der Waals surface area contributed by atoms with Gasteiger partial charge in [0, 0.05) is 0 Å². The SMILES string of the molecule is CCc1ccc(O)cc1.CCc1ccc(OC(=O)C(c2ccccc2)(c2ccccc2)c2ccccc2)cc1. The van der Waals surface area contributed by atoms with E-state index in [9.17, 15) is 4.79 Å². The fourth-order valence-corrected chi connectivity index (χ4v) is 4.63. The summed E-state index contributed by atoms with van der Waals surface area (Å²) in [5, 5.41) is 8.85. The molecule has 5 rings (SSSR count). The second-order valence-corrected chi connectivity index (χ2v) is 9.26. The molecule has 0 aliphatic carbocycles. The number of aryl methyl sites for hydroxylation is 2. The van der Waals surface area contributed by atoms with Crippen LogP contribution in [0.4, 0.5) is 0 Å². The van der Waals surface area contributed by atoms with Crippen LogP contribution in [-0.4, -0.2) is 11.1 Å². The Labute approximate surface area is 231 Å². The van der Waals surface area contributed by atoms with Crippen LogP contribution in [0.3, 0.4) is 0 Å². The minimum absolute atomic E-state index is 0.324. The Morgan fingerprint density at radius 3 is 1.28 bits per heavy atom. The third-order valence-electron chi connectivity index (χ3n) is 6.81. The molecule has 0 saturated carbocycles. The van der Waals surface area contributed by atoms with Gasteiger partial charge in [0.25, 0.3) is 0 Å². The number of carbonyl (C=O) groups excluding carboxylic acids is 1. The van der Waals surface area contributed by atoms with Gasteiger partial charge in [-0.15, -0.1) is 0 Å². The van der Waals surface area contributed by atoms with Crippen LogP contribution in [-0.2, 0) is 23.1 Å². The van der Waals surface area contributed by atoms with Crippen molar-refractivity contribution in [1.82, 2.24) is 0 Å². The number of ether oxygens (including phenoxy) is 1. The van der Waals surface area contributed by atoms with E-state index in [1.807, 2.05) is 127 Å². The van der Waals surface area contributed by atoms with E-state index in [1.165, 1.54) is 11.1 Å². The summed E-state index contributed by atoms with van der Waals surface area (Å²) >= 11 is 0. The predicted octanol–water partition coefficient (Wildman–Crippen LogP) is 8.14. The van der Waals surface area contributed by atoms with Gasteiger partial charge in [0.15, 0.2) is 0 Å². The standard InChI is InChI=1S/C28H24O2.C8H10O/c1-2-22-18-20-26(21-19-22)30-27(29)28(23-12-6-3-7-13-23,24-14-8-4-9-15-24)25-16-10-5-11-17-25;1-2-7-3-5-8(9)6-4-7/h3-21H,2H2,1H3;3-6,9H,2H2,1H3. The summed E-state index contributed by atoms with van der Waals surface area (Å²) in [6.07, 6.45) is 1.97. The molecule has 0 unspecified atom stereocenters. The van der Waals surface area contributed by atoms with Gasteiger partial charge in [-0.25, -0.2) is 4.79 Å². The van der Waals surface area contributed by atoms with E-state index >= 15 is 0 Å². The van der Waals surface area contributed by atoms with Crippen LogP contribution in [0.25, 0.3) is 0 Å². The van der Waals surface area contributed by atoms with E-state index in [0.29, 0.717) is 11.5 Å². The largest absolute Gasteiger partial charge is 0.508 e. The number of phenolic OH excluding ortho intramolecular Hbond substituents is 1. The number of hydrogen-bond donors (Lipinski definition) is 1. The zero-order chi connectivity index (χ0) is 27.5. The second kappa shape index (κ2) is 13.3. The van der Waals surface area contributed by atoms with Crippen molar-refractivity contribution in [2.75, 3.05) is 0 Å².